The van der Waals surface area contributed by atoms with Crippen LogP contribution in [0.3, 0.4) is 0 Å². The smallest absolute Gasteiger partial charge is 0.137 e. The number of pyridine rings is 1. The van der Waals surface area contributed by atoms with Crippen LogP contribution in [0.2, 0.25) is 0 Å². The molecule has 2 aromatic carbocycles. The van der Waals surface area contributed by atoms with Crippen molar-refractivity contribution in [3.05, 3.63) is 78.0 Å². The van der Waals surface area contributed by atoms with E-state index < -0.39 is 0 Å². The number of ketones is 1. The van der Waals surface area contributed by atoms with E-state index in [1.807, 2.05) is 30.3 Å². The fourth-order valence-electron chi connectivity index (χ4n) is 3.47. The van der Waals surface area contributed by atoms with Crippen LogP contribution in [0.5, 0.6) is 0 Å². The number of benzene rings is 2. The van der Waals surface area contributed by atoms with Crippen LogP contribution in [-0.2, 0) is 11.2 Å². The predicted octanol–water partition coefficient (Wildman–Crippen LogP) is 5.34. The monoisotopic (exact) mass is 340 g/mol. The van der Waals surface area contributed by atoms with Gasteiger partial charge in [0.25, 0.3) is 0 Å². The molecular formula is C23H20N2O. The molecular weight excluding hydrogens is 320 g/mol. The van der Waals surface area contributed by atoms with E-state index in [9.17, 15) is 4.79 Å². The second-order valence-electron chi connectivity index (χ2n) is 6.67. The van der Waals surface area contributed by atoms with Gasteiger partial charge in [-0.3, -0.25) is 4.79 Å². The number of nitrogens with one attached hydrogen (secondary N) is 1. The minimum absolute atomic E-state index is 0.143. The molecule has 1 N–H and O–H groups in total. The lowest BCUT2D eigenvalue weighted by Gasteiger charge is -2.12. The number of aromatic nitrogens is 2. The molecule has 0 atom stereocenters. The molecule has 0 bridgehead atoms. The summed E-state index contributed by atoms with van der Waals surface area (Å²) < 4.78 is 0. The van der Waals surface area contributed by atoms with E-state index in [-0.39, 0.29) is 5.78 Å². The molecule has 0 spiro atoms. The lowest BCUT2D eigenvalue weighted by atomic mass is 9.93. The van der Waals surface area contributed by atoms with Crippen molar-refractivity contribution >= 4 is 16.8 Å². The van der Waals surface area contributed by atoms with Crippen molar-refractivity contribution in [2.45, 2.75) is 20.3 Å². The summed E-state index contributed by atoms with van der Waals surface area (Å²) in [4.78, 5) is 19.8. The van der Waals surface area contributed by atoms with Gasteiger partial charge >= 0.3 is 0 Å². The highest BCUT2D eigenvalue weighted by Gasteiger charge is 2.18. The molecule has 2 aromatic heterocycles. The first-order valence-electron chi connectivity index (χ1n) is 8.75. The Kier molecular flexibility index (Phi) is 4.13. The standard InChI is InChI=1S/C23H20N2O/c1-15-10-11-18(20(13-15)17-7-4-3-5-8-17)22-21(14-16(2)26)19-9-6-12-24-23(19)25-22/h3-13H,14H2,1-2H3,(H,24,25). The van der Waals surface area contributed by atoms with E-state index in [0.29, 0.717) is 6.42 Å². The van der Waals surface area contributed by atoms with Crippen molar-refractivity contribution in [3.8, 4) is 22.4 Å². The zero-order valence-electron chi connectivity index (χ0n) is 14.9. The van der Waals surface area contributed by atoms with Crippen LogP contribution in [-0.4, -0.2) is 15.8 Å². The molecule has 0 aliphatic rings. The lowest BCUT2D eigenvalue weighted by Crippen LogP contribution is -1.98. The first kappa shape index (κ1) is 16.3. The van der Waals surface area contributed by atoms with Crippen molar-refractivity contribution in [2.24, 2.45) is 0 Å². The molecule has 26 heavy (non-hydrogen) atoms. The van der Waals surface area contributed by atoms with Gasteiger partial charge in [-0.15, -0.1) is 0 Å². The summed E-state index contributed by atoms with van der Waals surface area (Å²) in [6, 6.07) is 20.7. The van der Waals surface area contributed by atoms with Gasteiger partial charge in [-0.05, 0) is 42.7 Å². The summed E-state index contributed by atoms with van der Waals surface area (Å²) in [6.07, 6.45) is 2.16. The molecule has 2 heterocycles. The van der Waals surface area contributed by atoms with Crippen LogP contribution >= 0.6 is 0 Å². The summed E-state index contributed by atoms with van der Waals surface area (Å²) in [5.41, 5.74) is 7.42. The van der Waals surface area contributed by atoms with Gasteiger partial charge in [0.15, 0.2) is 0 Å². The normalized spacial score (nSPS) is 11.0. The second kappa shape index (κ2) is 6.60. The van der Waals surface area contributed by atoms with Crippen molar-refractivity contribution in [2.75, 3.05) is 0 Å². The Morgan fingerprint density at radius 1 is 1.00 bits per heavy atom. The van der Waals surface area contributed by atoms with Gasteiger partial charge in [-0.2, -0.15) is 0 Å². The summed E-state index contributed by atoms with van der Waals surface area (Å²) in [7, 11) is 0. The lowest BCUT2D eigenvalue weighted by molar-refractivity contribution is -0.116. The van der Waals surface area contributed by atoms with Crippen LogP contribution < -0.4 is 0 Å². The first-order chi connectivity index (χ1) is 12.6. The van der Waals surface area contributed by atoms with E-state index in [4.69, 9.17) is 0 Å². The van der Waals surface area contributed by atoms with E-state index >= 15 is 0 Å². The third-order valence-electron chi connectivity index (χ3n) is 4.63. The molecule has 4 rings (SSSR count). The number of carbonyl (C=O) groups is 1. The molecule has 3 heteroatoms. The third-order valence-corrected chi connectivity index (χ3v) is 4.63. The van der Waals surface area contributed by atoms with Crippen LogP contribution in [0, 0.1) is 6.92 Å². The molecule has 0 saturated carbocycles. The Hall–Kier alpha value is -3.20. The van der Waals surface area contributed by atoms with Crippen LogP contribution in [0.4, 0.5) is 0 Å². The number of aryl methyl sites for hydroxylation is 1. The minimum Gasteiger partial charge on any atom is -0.339 e. The number of Topliss-reactive ketones (excluding diaryl/α,β-unsaturated/α-hetero) is 1. The van der Waals surface area contributed by atoms with Gasteiger partial charge in [-0.1, -0.05) is 54.1 Å². The maximum atomic E-state index is 11.9. The fraction of sp³-hybridized carbons (Fsp3) is 0.130. The third kappa shape index (κ3) is 2.93. The summed E-state index contributed by atoms with van der Waals surface area (Å²) in [6.45, 7) is 3.73. The number of hydrogen-bond donors (Lipinski definition) is 1. The van der Waals surface area contributed by atoms with Gasteiger partial charge in [0.2, 0.25) is 0 Å². The first-order valence-corrected chi connectivity index (χ1v) is 8.75. The highest BCUT2D eigenvalue weighted by Crippen LogP contribution is 2.37. The van der Waals surface area contributed by atoms with Crippen molar-refractivity contribution in [3.63, 3.8) is 0 Å². The van der Waals surface area contributed by atoms with E-state index in [2.05, 4.69) is 47.2 Å². The molecule has 0 fully saturated rings. The van der Waals surface area contributed by atoms with E-state index in [1.165, 1.54) is 5.56 Å². The highest BCUT2D eigenvalue weighted by molar-refractivity contribution is 5.96. The maximum absolute atomic E-state index is 11.9. The Balaban J connectivity index is 2.01. The highest BCUT2D eigenvalue weighted by atomic mass is 16.1. The number of aromatic amines is 1. The Bertz CT molecular complexity index is 1090. The molecule has 128 valence electrons. The van der Waals surface area contributed by atoms with Gasteiger partial charge in [0.1, 0.15) is 11.4 Å². The van der Waals surface area contributed by atoms with Crippen LogP contribution in [0.15, 0.2) is 66.9 Å². The Morgan fingerprint density at radius 3 is 2.58 bits per heavy atom. The topological polar surface area (TPSA) is 45.8 Å². The SMILES string of the molecule is CC(=O)Cc1c(-c2ccc(C)cc2-c2ccccc2)[nH]c2ncccc12. The molecule has 0 unspecified atom stereocenters. The van der Waals surface area contributed by atoms with Gasteiger partial charge in [-0.25, -0.2) is 4.98 Å². The largest absolute Gasteiger partial charge is 0.339 e. The number of H-pyrrole nitrogens is 1. The van der Waals surface area contributed by atoms with E-state index in [0.717, 1.165) is 39.0 Å². The molecule has 0 aliphatic carbocycles. The summed E-state index contributed by atoms with van der Waals surface area (Å²) in [5, 5.41) is 1.01. The number of nitrogens with zero attached hydrogens (tertiary/aromatic N) is 1. The number of fused-ring (bicyclic) bond motifs is 1. The van der Waals surface area contributed by atoms with Crippen LogP contribution in [0.25, 0.3) is 33.4 Å². The van der Waals surface area contributed by atoms with Crippen molar-refractivity contribution in [1.29, 1.82) is 0 Å². The van der Waals surface area contributed by atoms with Crippen molar-refractivity contribution < 1.29 is 4.79 Å². The van der Waals surface area contributed by atoms with Crippen LogP contribution in [0.1, 0.15) is 18.1 Å². The quantitative estimate of drug-likeness (QED) is 0.545. The van der Waals surface area contributed by atoms with E-state index in [1.54, 1.807) is 13.1 Å². The summed E-state index contributed by atoms with van der Waals surface area (Å²) >= 11 is 0. The number of carbonyl (C=O) groups excluding carboxylic acids is 1. The maximum Gasteiger partial charge on any atom is 0.137 e. The Labute approximate surface area is 152 Å². The molecule has 0 radical (unpaired) electrons. The molecule has 4 aromatic rings. The van der Waals surface area contributed by atoms with Gasteiger partial charge in [0, 0.05) is 23.6 Å². The number of hydrogen-bond acceptors (Lipinski definition) is 2. The molecule has 3 nitrogen and oxygen atoms in total. The zero-order valence-corrected chi connectivity index (χ0v) is 14.9. The average Bonchev–Trinajstić information content (AvgIpc) is 3.00. The molecule has 0 saturated heterocycles. The zero-order chi connectivity index (χ0) is 18.1. The predicted molar refractivity (Wildman–Crippen MR) is 106 cm³/mol. The Morgan fingerprint density at radius 2 is 1.81 bits per heavy atom. The minimum atomic E-state index is 0.143. The summed E-state index contributed by atoms with van der Waals surface area (Å²) in [5.74, 6) is 0.143. The number of rotatable bonds is 4. The second-order valence-corrected chi connectivity index (χ2v) is 6.67. The molecule has 0 aliphatic heterocycles. The van der Waals surface area contributed by atoms with Gasteiger partial charge < -0.3 is 4.98 Å². The van der Waals surface area contributed by atoms with Gasteiger partial charge in [0.05, 0.1) is 5.69 Å². The average molecular weight is 340 g/mol. The fourth-order valence-corrected chi connectivity index (χ4v) is 3.47. The molecule has 0 amide bonds. The van der Waals surface area contributed by atoms with Crippen molar-refractivity contribution in [1.82, 2.24) is 9.97 Å².